The van der Waals surface area contributed by atoms with Gasteiger partial charge in [-0.2, -0.15) is 0 Å². The van der Waals surface area contributed by atoms with Crippen molar-refractivity contribution in [1.29, 1.82) is 0 Å². The van der Waals surface area contributed by atoms with Crippen LogP contribution in [0.3, 0.4) is 0 Å². The molecule has 0 radical (unpaired) electrons. The summed E-state index contributed by atoms with van der Waals surface area (Å²) in [6.07, 6.45) is 0. The van der Waals surface area contributed by atoms with Gasteiger partial charge in [0.2, 0.25) is 0 Å². The Hall–Kier alpha value is -3.68. The van der Waals surface area contributed by atoms with Crippen LogP contribution in [0.5, 0.6) is 17.2 Å². The molecule has 0 fully saturated rings. The van der Waals surface area contributed by atoms with Gasteiger partial charge in [-0.1, -0.05) is 6.07 Å². The third-order valence-electron chi connectivity index (χ3n) is 5.33. The number of aryl methyl sites for hydroxylation is 2. The molecule has 1 aliphatic rings. The molecule has 0 unspecified atom stereocenters. The van der Waals surface area contributed by atoms with Crippen molar-refractivity contribution in [3.63, 3.8) is 0 Å². The molecule has 0 aliphatic carbocycles. The molecular formula is C23H27N3O5. The summed E-state index contributed by atoms with van der Waals surface area (Å²) < 4.78 is 16.3. The molecule has 1 atom stereocenters. The number of carbonyl (C=O) groups excluding carboxylic acids is 2. The van der Waals surface area contributed by atoms with Crippen molar-refractivity contribution in [2.75, 3.05) is 26.6 Å². The van der Waals surface area contributed by atoms with Gasteiger partial charge in [-0.05, 0) is 50.1 Å². The molecule has 164 valence electrons. The van der Waals surface area contributed by atoms with Crippen molar-refractivity contribution in [3.8, 4) is 17.2 Å². The van der Waals surface area contributed by atoms with Gasteiger partial charge in [0.1, 0.15) is 5.75 Å². The number of amides is 3. The van der Waals surface area contributed by atoms with E-state index in [1.54, 1.807) is 19.1 Å². The van der Waals surface area contributed by atoms with E-state index in [-0.39, 0.29) is 5.91 Å². The van der Waals surface area contributed by atoms with E-state index in [1.165, 1.54) is 21.3 Å². The van der Waals surface area contributed by atoms with Crippen LogP contribution in [0.2, 0.25) is 0 Å². The van der Waals surface area contributed by atoms with Gasteiger partial charge in [0.15, 0.2) is 11.5 Å². The van der Waals surface area contributed by atoms with Gasteiger partial charge >= 0.3 is 6.03 Å². The van der Waals surface area contributed by atoms with Crippen LogP contribution in [0, 0.1) is 13.8 Å². The van der Waals surface area contributed by atoms with Gasteiger partial charge in [0, 0.05) is 23.0 Å². The normalized spacial score (nSPS) is 15.7. The molecule has 8 nitrogen and oxygen atoms in total. The quantitative estimate of drug-likeness (QED) is 0.657. The summed E-state index contributed by atoms with van der Waals surface area (Å²) in [5.41, 5.74) is 4.25. The number of carbonyl (C=O) groups is 2. The average Bonchev–Trinajstić information content (AvgIpc) is 2.74. The number of hydrogen-bond donors (Lipinski definition) is 3. The molecule has 3 rings (SSSR count). The van der Waals surface area contributed by atoms with Crippen molar-refractivity contribution in [2.24, 2.45) is 0 Å². The predicted molar refractivity (Wildman–Crippen MR) is 118 cm³/mol. The van der Waals surface area contributed by atoms with Gasteiger partial charge in [-0.25, -0.2) is 4.79 Å². The fraction of sp³-hybridized carbons (Fsp3) is 0.304. The lowest BCUT2D eigenvalue weighted by atomic mass is 9.93. The highest BCUT2D eigenvalue weighted by Crippen LogP contribution is 2.40. The molecule has 2 aromatic rings. The second kappa shape index (κ2) is 8.99. The second-order valence-electron chi connectivity index (χ2n) is 7.27. The number of rotatable bonds is 6. The minimum absolute atomic E-state index is 0.338. The lowest BCUT2D eigenvalue weighted by molar-refractivity contribution is -0.113. The Morgan fingerprint density at radius 2 is 1.55 bits per heavy atom. The maximum Gasteiger partial charge on any atom is 0.319 e. The van der Waals surface area contributed by atoms with Gasteiger partial charge in [-0.3, -0.25) is 4.79 Å². The summed E-state index contributed by atoms with van der Waals surface area (Å²) in [4.78, 5) is 25.5. The molecule has 1 heterocycles. The summed E-state index contributed by atoms with van der Waals surface area (Å²) in [5.74, 6) is 1.05. The Kier molecular flexibility index (Phi) is 6.39. The molecule has 3 N–H and O–H groups in total. The van der Waals surface area contributed by atoms with Crippen LogP contribution < -0.4 is 30.2 Å². The van der Waals surface area contributed by atoms with Crippen molar-refractivity contribution in [2.45, 2.75) is 26.8 Å². The third-order valence-corrected chi connectivity index (χ3v) is 5.33. The highest BCUT2D eigenvalue weighted by atomic mass is 16.5. The van der Waals surface area contributed by atoms with Crippen LogP contribution in [-0.4, -0.2) is 33.3 Å². The van der Waals surface area contributed by atoms with Crippen LogP contribution in [0.15, 0.2) is 41.6 Å². The third kappa shape index (κ3) is 4.42. The summed E-state index contributed by atoms with van der Waals surface area (Å²) in [5, 5.41) is 8.42. The Balaban J connectivity index is 2.06. The molecule has 2 aromatic carbocycles. The van der Waals surface area contributed by atoms with E-state index in [9.17, 15) is 9.59 Å². The maximum absolute atomic E-state index is 13.3. The molecule has 31 heavy (non-hydrogen) atoms. The summed E-state index contributed by atoms with van der Waals surface area (Å²) in [6, 6.07) is 7.89. The lowest BCUT2D eigenvalue weighted by Crippen LogP contribution is -2.46. The fourth-order valence-electron chi connectivity index (χ4n) is 3.52. The molecule has 0 bridgehead atoms. The molecule has 8 heteroatoms. The SMILES string of the molecule is COc1cc(OC)c([C@@H]2NC(=O)NC(C)=C2C(=O)Nc2ccc(C)c(C)c2)cc1OC. The first-order valence-electron chi connectivity index (χ1n) is 9.75. The Morgan fingerprint density at radius 3 is 2.16 bits per heavy atom. The molecule has 1 aliphatic heterocycles. The van der Waals surface area contributed by atoms with Crippen molar-refractivity contribution >= 4 is 17.6 Å². The van der Waals surface area contributed by atoms with Gasteiger partial charge in [0.25, 0.3) is 5.91 Å². The number of benzene rings is 2. The number of methoxy groups -OCH3 is 3. The van der Waals surface area contributed by atoms with Gasteiger partial charge < -0.3 is 30.2 Å². The van der Waals surface area contributed by atoms with Crippen LogP contribution in [-0.2, 0) is 4.79 Å². The smallest absolute Gasteiger partial charge is 0.319 e. The maximum atomic E-state index is 13.3. The summed E-state index contributed by atoms with van der Waals surface area (Å²) >= 11 is 0. The molecule has 0 saturated carbocycles. The van der Waals surface area contributed by atoms with E-state index < -0.39 is 12.1 Å². The Labute approximate surface area is 181 Å². The van der Waals surface area contributed by atoms with Crippen LogP contribution >= 0.6 is 0 Å². The molecule has 0 aromatic heterocycles. The zero-order chi connectivity index (χ0) is 22.7. The van der Waals surface area contributed by atoms with E-state index >= 15 is 0 Å². The van der Waals surface area contributed by atoms with Crippen molar-refractivity contribution < 1.29 is 23.8 Å². The minimum Gasteiger partial charge on any atom is -0.496 e. The fourth-order valence-corrected chi connectivity index (χ4v) is 3.52. The first-order chi connectivity index (χ1) is 14.8. The van der Waals surface area contributed by atoms with E-state index in [4.69, 9.17) is 14.2 Å². The van der Waals surface area contributed by atoms with E-state index in [1.807, 2.05) is 32.0 Å². The molecule has 3 amide bonds. The number of nitrogens with one attached hydrogen (secondary N) is 3. The predicted octanol–water partition coefficient (Wildman–Crippen LogP) is 3.60. The highest BCUT2D eigenvalue weighted by molar-refractivity contribution is 6.07. The number of anilines is 1. The number of hydrogen-bond acceptors (Lipinski definition) is 5. The first-order valence-corrected chi connectivity index (χ1v) is 9.75. The standard InChI is InChI=1S/C23H27N3O5/c1-12-7-8-15(9-13(12)2)25-22(27)20-14(3)24-23(28)26-21(20)16-10-18(30-5)19(31-6)11-17(16)29-4/h7-11,21H,1-6H3,(H,25,27)(H2,24,26,28)/t21-/m0/s1. The van der Waals surface area contributed by atoms with Crippen molar-refractivity contribution in [3.05, 3.63) is 58.3 Å². The highest BCUT2D eigenvalue weighted by Gasteiger charge is 2.34. The number of urea groups is 1. The molecule has 0 saturated heterocycles. The molecule has 0 spiro atoms. The van der Waals surface area contributed by atoms with Crippen LogP contribution in [0.1, 0.15) is 29.7 Å². The topological polar surface area (TPSA) is 97.9 Å². The Bertz CT molecular complexity index is 1060. The zero-order valence-corrected chi connectivity index (χ0v) is 18.5. The summed E-state index contributed by atoms with van der Waals surface area (Å²) in [6.45, 7) is 5.68. The van der Waals surface area contributed by atoms with E-state index in [2.05, 4.69) is 16.0 Å². The first kappa shape index (κ1) is 22.0. The monoisotopic (exact) mass is 425 g/mol. The zero-order valence-electron chi connectivity index (χ0n) is 18.5. The van der Waals surface area contributed by atoms with Crippen LogP contribution in [0.25, 0.3) is 0 Å². The second-order valence-corrected chi connectivity index (χ2v) is 7.27. The van der Waals surface area contributed by atoms with Crippen LogP contribution in [0.4, 0.5) is 10.5 Å². The number of allylic oxidation sites excluding steroid dienone is 1. The minimum atomic E-state index is -0.755. The van der Waals surface area contributed by atoms with E-state index in [0.717, 1.165) is 11.1 Å². The lowest BCUT2D eigenvalue weighted by Gasteiger charge is -2.30. The van der Waals surface area contributed by atoms with Gasteiger partial charge in [0.05, 0.1) is 32.9 Å². The van der Waals surface area contributed by atoms with Gasteiger partial charge in [-0.15, -0.1) is 0 Å². The average molecular weight is 425 g/mol. The largest absolute Gasteiger partial charge is 0.496 e. The summed E-state index contributed by atoms with van der Waals surface area (Å²) in [7, 11) is 4.55. The molecular weight excluding hydrogens is 398 g/mol. The number of ether oxygens (including phenoxy) is 3. The van der Waals surface area contributed by atoms with E-state index in [0.29, 0.717) is 39.8 Å². The Morgan fingerprint density at radius 1 is 0.903 bits per heavy atom. The van der Waals surface area contributed by atoms with Crippen molar-refractivity contribution in [1.82, 2.24) is 10.6 Å².